The fourth-order valence-corrected chi connectivity index (χ4v) is 2.95. The topological polar surface area (TPSA) is 150 Å². The lowest BCUT2D eigenvalue weighted by Gasteiger charge is -2.23. The summed E-state index contributed by atoms with van der Waals surface area (Å²) in [7, 11) is 0. The van der Waals surface area contributed by atoms with E-state index in [9.17, 15) is 19.2 Å². The van der Waals surface area contributed by atoms with E-state index in [-0.39, 0.29) is 36.2 Å². The van der Waals surface area contributed by atoms with Crippen molar-refractivity contribution in [3.8, 4) is 11.5 Å². The van der Waals surface area contributed by atoms with Crippen molar-refractivity contribution in [1.82, 2.24) is 0 Å². The first kappa shape index (κ1) is 33.7. The quantitative estimate of drug-likeness (QED) is 0.234. The zero-order chi connectivity index (χ0) is 30.1. The predicted octanol–water partition coefficient (Wildman–Crippen LogP) is 5.09. The lowest BCUT2D eigenvalue weighted by Crippen LogP contribution is -2.39. The second-order valence-electron chi connectivity index (χ2n) is 11.7. The van der Waals surface area contributed by atoms with Crippen molar-refractivity contribution in [1.29, 1.82) is 0 Å². The van der Waals surface area contributed by atoms with Gasteiger partial charge in [0.2, 0.25) is 0 Å². The van der Waals surface area contributed by atoms with Crippen LogP contribution in [0.3, 0.4) is 0 Å². The van der Waals surface area contributed by atoms with Crippen LogP contribution in [-0.4, -0.2) is 53.7 Å². The first-order chi connectivity index (χ1) is 17.8. The van der Waals surface area contributed by atoms with E-state index in [0.29, 0.717) is 5.56 Å². The van der Waals surface area contributed by atoms with Crippen LogP contribution in [0.2, 0.25) is 0 Å². The summed E-state index contributed by atoms with van der Waals surface area (Å²) in [6, 6.07) is 3.25. The van der Waals surface area contributed by atoms with Crippen molar-refractivity contribution >= 4 is 24.2 Å². The first-order valence-electron chi connectivity index (χ1n) is 12.9. The van der Waals surface area contributed by atoms with Gasteiger partial charge >= 0.3 is 24.2 Å². The summed E-state index contributed by atoms with van der Waals surface area (Å²) in [5.74, 6) is -1.18. The Morgan fingerprint density at radius 1 is 0.769 bits per heavy atom. The zero-order valence-electron chi connectivity index (χ0n) is 24.6. The van der Waals surface area contributed by atoms with E-state index in [0.717, 1.165) is 0 Å². The van der Waals surface area contributed by atoms with E-state index in [1.807, 2.05) is 13.8 Å². The maximum absolute atomic E-state index is 12.6. The van der Waals surface area contributed by atoms with Gasteiger partial charge in [0.25, 0.3) is 0 Å². The van der Waals surface area contributed by atoms with Crippen molar-refractivity contribution in [2.45, 2.75) is 112 Å². The smallest absolute Gasteiger partial charge is 0.459 e. The van der Waals surface area contributed by atoms with Crippen molar-refractivity contribution in [3.63, 3.8) is 0 Å². The van der Waals surface area contributed by atoms with Gasteiger partial charge in [-0.3, -0.25) is 9.59 Å². The van der Waals surface area contributed by atoms with E-state index in [4.69, 9.17) is 34.2 Å². The number of nitrogens with two attached hydrogens (primary N) is 1. The Kier molecular flexibility index (Phi) is 12.2. The van der Waals surface area contributed by atoms with Gasteiger partial charge in [-0.15, -0.1) is 0 Å². The molecule has 1 rings (SSSR count). The summed E-state index contributed by atoms with van der Waals surface area (Å²) < 4.78 is 31.6. The largest absolute Gasteiger partial charge is 0.514 e. The summed E-state index contributed by atoms with van der Waals surface area (Å²) in [5, 5.41) is 0. The second kappa shape index (κ2) is 14.2. The molecule has 0 unspecified atom stereocenters. The van der Waals surface area contributed by atoms with Crippen molar-refractivity contribution in [2.75, 3.05) is 0 Å². The lowest BCUT2D eigenvalue weighted by atomic mass is 10.1. The molecular formula is C28H43NO10. The maximum atomic E-state index is 12.6. The third-order valence-corrected chi connectivity index (χ3v) is 4.79. The lowest BCUT2D eigenvalue weighted by molar-refractivity contribution is -0.166. The average Bonchev–Trinajstić information content (AvgIpc) is 2.71. The molecule has 0 radical (unpaired) electrons. The van der Waals surface area contributed by atoms with Crippen LogP contribution >= 0.6 is 0 Å². The SMILES string of the molecule is CC(C)CC(=O)O[C@@H](C)[C@H](C)OC(=O)[C@@H](N)Cc1ccc(OC(=O)OC(C)(C)C)c(OC(=O)OC(C)(C)C)c1. The molecule has 0 amide bonds. The van der Waals surface area contributed by atoms with Crippen molar-refractivity contribution < 1.29 is 47.6 Å². The highest BCUT2D eigenvalue weighted by Gasteiger charge is 2.26. The molecule has 1 aromatic carbocycles. The Morgan fingerprint density at radius 3 is 1.74 bits per heavy atom. The standard InChI is InChI=1S/C28H43NO10/c1-16(2)13-23(30)34-17(3)18(4)35-24(31)20(29)14-19-11-12-21(36-25(32)38-27(5,6)7)22(15-19)37-26(33)39-28(8,9)10/h11-12,15-18,20H,13-14,29H2,1-10H3/t17-,18-,20-/m0/s1. The molecule has 0 heterocycles. The monoisotopic (exact) mass is 553 g/mol. The molecule has 11 heteroatoms. The van der Waals surface area contributed by atoms with Gasteiger partial charge in [0, 0.05) is 6.42 Å². The Bertz CT molecular complexity index is 1010. The molecule has 0 fully saturated rings. The van der Waals surface area contributed by atoms with Crippen LogP contribution in [0.4, 0.5) is 9.59 Å². The van der Waals surface area contributed by atoms with Gasteiger partial charge in [-0.2, -0.15) is 0 Å². The molecule has 39 heavy (non-hydrogen) atoms. The molecule has 0 saturated heterocycles. The Labute approximate surface area is 230 Å². The number of carbonyl (C=O) groups is 4. The highest BCUT2D eigenvalue weighted by Crippen LogP contribution is 2.31. The van der Waals surface area contributed by atoms with Crippen LogP contribution in [-0.2, 0) is 35.0 Å². The van der Waals surface area contributed by atoms with Gasteiger partial charge in [0.05, 0.1) is 0 Å². The summed E-state index contributed by atoms with van der Waals surface area (Å²) in [6.07, 6.45) is -3.15. The predicted molar refractivity (Wildman–Crippen MR) is 142 cm³/mol. The third-order valence-electron chi connectivity index (χ3n) is 4.79. The highest BCUT2D eigenvalue weighted by atomic mass is 16.8. The fraction of sp³-hybridized carbons (Fsp3) is 0.643. The molecule has 1 aromatic rings. The van der Waals surface area contributed by atoms with Gasteiger partial charge in [0.15, 0.2) is 11.5 Å². The van der Waals surface area contributed by atoms with Gasteiger partial charge in [-0.25, -0.2) is 9.59 Å². The number of carbonyl (C=O) groups excluding carboxylic acids is 4. The number of ether oxygens (including phenoxy) is 6. The molecular weight excluding hydrogens is 510 g/mol. The normalized spacial score (nSPS) is 14.1. The molecule has 2 N–H and O–H groups in total. The molecule has 0 aromatic heterocycles. The van der Waals surface area contributed by atoms with Crippen molar-refractivity contribution in [3.05, 3.63) is 23.8 Å². The Balaban J connectivity index is 2.98. The minimum Gasteiger partial charge on any atom is -0.459 e. The van der Waals surface area contributed by atoms with Crippen LogP contribution in [0.5, 0.6) is 11.5 Å². The van der Waals surface area contributed by atoms with Crippen LogP contribution in [0, 0.1) is 5.92 Å². The zero-order valence-corrected chi connectivity index (χ0v) is 24.6. The minimum absolute atomic E-state index is 0.00443. The summed E-state index contributed by atoms with van der Waals surface area (Å²) >= 11 is 0. The van der Waals surface area contributed by atoms with Crippen LogP contribution < -0.4 is 15.2 Å². The molecule has 0 aliphatic carbocycles. The first-order valence-corrected chi connectivity index (χ1v) is 12.9. The van der Waals surface area contributed by atoms with E-state index in [1.54, 1.807) is 61.5 Å². The maximum Gasteiger partial charge on any atom is 0.514 e. The van der Waals surface area contributed by atoms with Gasteiger partial charge in [0.1, 0.15) is 29.5 Å². The number of esters is 2. The molecule has 0 bridgehead atoms. The third kappa shape index (κ3) is 13.9. The average molecular weight is 554 g/mol. The molecule has 0 aliphatic heterocycles. The summed E-state index contributed by atoms with van der Waals surface area (Å²) in [5.41, 5.74) is 4.92. The van der Waals surface area contributed by atoms with Gasteiger partial charge in [-0.1, -0.05) is 19.9 Å². The van der Waals surface area contributed by atoms with E-state index >= 15 is 0 Å². The van der Waals surface area contributed by atoms with Crippen LogP contribution in [0.25, 0.3) is 0 Å². The number of hydrogen-bond donors (Lipinski definition) is 1. The van der Waals surface area contributed by atoms with E-state index in [1.165, 1.54) is 12.1 Å². The molecule has 3 atom stereocenters. The minimum atomic E-state index is -1.09. The van der Waals surface area contributed by atoms with Crippen LogP contribution in [0.15, 0.2) is 18.2 Å². The highest BCUT2D eigenvalue weighted by molar-refractivity contribution is 5.76. The van der Waals surface area contributed by atoms with E-state index < -0.39 is 47.7 Å². The molecule has 11 nitrogen and oxygen atoms in total. The molecule has 0 spiro atoms. The fourth-order valence-electron chi connectivity index (χ4n) is 2.95. The number of benzene rings is 1. The molecule has 220 valence electrons. The Hall–Kier alpha value is -3.34. The van der Waals surface area contributed by atoms with Crippen LogP contribution in [0.1, 0.15) is 81.2 Å². The van der Waals surface area contributed by atoms with Gasteiger partial charge < -0.3 is 34.2 Å². The van der Waals surface area contributed by atoms with Gasteiger partial charge in [-0.05, 0) is 85.4 Å². The van der Waals surface area contributed by atoms with Crippen molar-refractivity contribution in [2.24, 2.45) is 11.7 Å². The summed E-state index contributed by atoms with van der Waals surface area (Å²) in [6.45, 7) is 17.1. The summed E-state index contributed by atoms with van der Waals surface area (Å²) in [4.78, 5) is 49.0. The second-order valence-corrected chi connectivity index (χ2v) is 11.7. The number of hydrogen-bond acceptors (Lipinski definition) is 11. The Morgan fingerprint density at radius 2 is 1.26 bits per heavy atom. The van der Waals surface area contributed by atoms with E-state index in [2.05, 4.69) is 0 Å². The number of rotatable bonds is 10. The molecule has 0 saturated carbocycles. The molecule has 0 aliphatic rings.